The number of rotatable bonds is 12. The third kappa shape index (κ3) is 9.99. The minimum Gasteiger partial charge on any atom is -0.450 e. The Balaban J connectivity index is 3.67. The summed E-state index contributed by atoms with van der Waals surface area (Å²) in [5, 5.41) is 5.03. The maximum Gasteiger partial charge on any atom is 0.408 e. The van der Waals surface area contributed by atoms with Gasteiger partial charge in [0.1, 0.15) is 12.3 Å². The number of ether oxygens (including phenoxy) is 2. The molecule has 2 N–H and O–H groups in total. The van der Waals surface area contributed by atoms with Crippen LogP contribution in [0, 0.1) is 11.5 Å². The normalized spacial score (nSPS) is 12.8. The van der Waals surface area contributed by atoms with Crippen LogP contribution >= 0.6 is 0 Å². The summed E-state index contributed by atoms with van der Waals surface area (Å²) in [5.41, 5.74) is 4.49. The van der Waals surface area contributed by atoms with Gasteiger partial charge in [0.15, 0.2) is 0 Å². The molecule has 0 aliphatic rings. The average Bonchev–Trinajstić information content (AvgIpc) is 2.82. The molecule has 0 heterocycles. The van der Waals surface area contributed by atoms with Crippen molar-refractivity contribution < 1.29 is 23.5 Å². The van der Waals surface area contributed by atoms with Crippen molar-refractivity contribution in [2.24, 2.45) is 0 Å². The molecule has 214 valence electrons. The second-order valence-electron chi connectivity index (χ2n) is 11.5. The molecule has 7 nitrogen and oxygen atoms in total. The zero-order chi connectivity index (χ0) is 28.8. The maximum absolute atomic E-state index is 12.6. The Kier molecular flexibility index (Phi) is 13.9. The van der Waals surface area contributed by atoms with Gasteiger partial charge in [0.25, 0.3) is 8.32 Å². The molecule has 0 saturated heterocycles. The molecule has 38 heavy (non-hydrogen) atoms. The average molecular weight is 547 g/mol. The van der Waals surface area contributed by atoms with E-state index in [9.17, 15) is 9.59 Å². The lowest BCUT2D eigenvalue weighted by atomic mass is 10.1. The van der Waals surface area contributed by atoms with Crippen molar-refractivity contribution in [3.63, 3.8) is 0 Å². The Bertz CT molecular complexity index is 879. The molecule has 1 aromatic carbocycles. The van der Waals surface area contributed by atoms with Crippen molar-refractivity contribution in [1.82, 2.24) is 10.6 Å². The van der Waals surface area contributed by atoms with Crippen LogP contribution in [0.2, 0.25) is 10.1 Å². The lowest BCUT2D eigenvalue weighted by molar-refractivity contribution is 0.0874. The van der Waals surface area contributed by atoms with Gasteiger partial charge in [0.05, 0.1) is 13.2 Å². The zero-order valence-electron chi connectivity index (χ0n) is 25.0. The van der Waals surface area contributed by atoms with Crippen LogP contribution in [0.15, 0.2) is 30.3 Å². The summed E-state index contributed by atoms with van der Waals surface area (Å²) in [6, 6.07) is 9.60. The van der Waals surface area contributed by atoms with E-state index in [0.717, 1.165) is 24.8 Å². The Morgan fingerprint density at radius 1 is 0.842 bits per heavy atom. The number of nitrogens with one attached hydrogen (secondary N) is 2. The molecule has 8 heteroatoms. The predicted octanol–water partition coefficient (Wildman–Crippen LogP) is 7.62. The fourth-order valence-corrected chi connectivity index (χ4v) is 9.45. The molecule has 0 spiro atoms. The van der Waals surface area contributed by atoms with E-state index < -0.39 is 32.8 Å². The van der Waals surface area contributed by atoms with Crippen LogP contribution in [-0.2, 0) is 13.9 Å². The molecule has 0 radical (unpaired) electrons. The summed E-state index contributed by atoms with van der Waals surface area (Å²) in [6.45, 7) is 19.1. The molecule has 2 amide bonds. The highest BCUT2D eigenvalue weighted by molar-refractivity contribution is 6.86. The topological polar surface area (TPSA) is 85.9 Å². The first-order valence-electron chi connectivity index (χ1n) is 13.9. The Morgan fingerprint density at radius 3 is 1.82 bits per heavy atom. The van der Waals surface area contributed by atoms with Crippen molar-refractivity contribution in [3.05, 3.63) is 35.9 Å². The lowest BCUT2D eigenvalue weighted by Gasteiger charge is -2.49. The summed E-state index contributed by atoms with van der Waals surface area (Å²) in [6.07, 6.45) is 2.43. The summed E-state index contributed by atoms with van der Waals surface area (Å²) in [7, 11) is -2.96. The van der Waals surface area contributed by atoms with Gasteiger partial charge in [-0.3, -0.25) is 10.6 Å². The molecule has 0 saturated carbocycles. The number of unbranched alkanes of at least 4 members (excludes halogenated alkanes) is 4. The summed E-state index contributed by atoms with van der Waals surface area (Å²) in [5.74, 6) is 3.48. The number of carbonyl (C=O) groups excluding carboxylic acids is 2. The summed E-state index contributed by atoms with van der Waals surface area (Å²) >= 11 is 0. The summed E-state index contributed by atoms with van der Waals surface area (Å²) < 4.78 is 17.5. The smallest absolute Gasteiger partial charge is 0.408 e. The van der Waals surface area contributed by atoms with Crippen LogP contribution in [0.5, 0.6) is 0 Å². The van der Waals surface area contributed by atoms with Gasteiger partial charge in [-0.05, 0) is 35.9 Å². The highest BCUT2D eigenvalue weighted by Gasteiger charge is 2.57. The quantitative estimate of drug-likeness (QED) is 0.122. The van der Waals surface area contributed by atoms with Gasteiger partial charge in [0.2, 0.25) is 0 Å². The van der Waals surface area contributed by atoms with E-state index in [4.69, 9.17) is 13.9 Å². The van der Waals surface area contributed by atoms with Crippen molar-refractivity contribution in [2.45, 2.75) is 117 Å². The van der Waals surface area contributed by atoms with E-state index >= 15 is 0 Å². The molecule has 1 unspecified atom stereocenters. The van der Waals surface area contributed by atoms with E-state index in [1.165, 1.54) is 12.8 Å². The molecule has 0 aromatic heterocycles. The largest absolute Gasteiger partial charge is 0.450 e. The molecular weight excluding hydrogens is 496 g/mol. The highest BCUT2D eigenvalue weighted by Crippen LogP contribution is 2.53. The molecule has 0 fully saturated rings. The highest BCUT2D eigenvalue weighted by atomic mass is 28.4. The third-order valence-corrected chi connectivity index (χ3v) is 11.7. The standard InChI is InChI=1S/C30H50N2O5Si/c1-10-13-14-15-16-20-23-38(29(4,5)6,30(7,8)9)37-25(24-21-18-17-19-22-24)26(31-27(33)35-11-2)32-28(34)36-12-3/h17-19,21-22,25-26H,10-16H2,1-9H3,(H,31,33)(H,32,34). The van der Waals surface area contributed by atoms with Gasteiger partial charge in [-0.1, -0.05) is 104 Å². The monoisotopic (exact) mass is 546 g/mol. The Morgan fingerprint density at radius 2 is 1.37 bits per heavy atom. The molecule has 1 rings (SSSR count). The van der Waals surface area contributed by atoms with Crippen LogP contribution in [0.4, 0.5) is 9.59 Å². The van der Waals surface area contributed by atoms with Gasteiger partial charge in [-0.25, -0.2) is 9.59 Å². The van der Waals surface area contributed by atoms with Crippen molar-refractivity contribution in [2.75, 3.05) is 13.2 Å². The predicted molar refractivity (Wildman–Crippen MR) is 156 cm³/mol. The van der Waals surface area contributed by atoms with E-state index in [-0.39, 0.29) is 23.3 Å². The van der Waals surface area contributed by atoms with Gasteiger partial charge < -0.3 is 13.9 Å². The second kappa shape index (κ2) is 15.8. The molecule has 1 aromatic rings. The lowest BCUT2D eigenvalue weighted by Crippen LogP contribution is -2.59. The maximum atomic E-state index is 12.6. The van der Waals surface area contributed by atoms with Crippen LogP contribution in [0.3, 0.4) is 0 Å². The van der Waals surface area contributed by atoms with Crippen LogP contribution < -0.4 is 10.6 Å². The Labute approximate surface area is 231 Å². The SMILES string of the molecule is CCCCCCC#C[Si](OC(c1ccccc1)C(NC(=O)OCC)NC(=O)OCC)(C(C)(C)C)C(C)(C)C. The van der Waals surface area contributed by atoms with Crippen molar-refractivity contribution >= 4 is 20.5 Å². The van der Waals surface area contributed by atoms with Crippen LogP contribution in [0.25, 0.3) is 0 Å². The second-order valence-corrected chi connectivity index (χ2v) is 16.3. The molecular formula is C30H50N2O5Si. The third-order valence-electron chi connectivity index (χ3n) is 6.36. The van der Waals surface area contributed by atoms with Crippen molar-refractivity contribution in [3.8, 4) is 11.5 Å². The van der Waals surface area contributed by atoms with E-state index in [1.807, 2.05) is 30.3 Å². The van der Waals surface area contributed by atoms with Gasteiger partial charge in [-0.15, -0.1) is 5.92 Å². The summed E-state index contributed by atoms with van der Waals surface area (Å²) in [4.78, 5) is 25.2. The number of benzene rings is 1. The molecule has 0 aliphatic carbocycles. The van der Waals surface area contributed by atoms with Gasteiger partial charge in [-0.2, -0.15) is 0 Å². The number of hydrogen-bond donors (Lipinski definition) is 2. The van der Waals surface area contributed by atoms with E-state index in [0.29, 0.717) is 0 Å². The number of alkyl carbamates (subject to hydrolysis) is 2. The van der Waals surface area contributed by atoms with E-state index in [2.05, 4.69) is 70.6 Å². The van der Waals surface area contributed by atoms with E-state index in [1.54, 1.807) is 13.8 Å². The van der Waals surface area contributed by atoms with Gasteiger partial charge in [0, 0.05) is 6.42 Å². The minimum absolute atomic E-state index is 0.195. The van der Waals surface area contributed by atoms with Gasteiger partial charge >= 0.3 is 12.2 Å². The first kappa shape index (κ1) is 33.5. The van der Waals surface area contributed by atoms with Crippen molar-refractivity contribution in [1.29, 1.82) is 0 Å². The minimum atomic E-state index is -2.96. The Hall–Kier alpha value is -2.50. The number of hydrogen-bond acceptors (Lipinski definition) is 5. The fourth-order valence-electron chi connectivity index (χ4n) is 4.66. The molecule has 0 aliphatic heterocycles. The molecule has 1 atom stereocenters. The first-order chi connectivity index (χ1) is 17.8. The number of carbonyl (C=O) groups is 2. The fraction of sp³-hybridized carbons (Fsp3) is 0.667. The van der Waals surface area contributed by atoms with Crippen LogP contribution in [-0.4, -0.2) is 39.9 Å². The van der Waals surface area contributed by atoms with Crippen LogP contribution in [0.1, 0.15) is 106 Å². The zero-order valence-corrected chi connectivity index (χ0v) is 26.0. The molecule has 0 bridgehead atoms. The number of amides is 2. The first-order valence-corrected chi connectivity index (χ1v) is 15.8.